The number of benzene rings is 1. The fraction of sp³-hybridized carbons (Fsp3) is 0.478. The van der Waals surface area contributed by atoms with Crippen LogP contribution >= 0.6 is 0 Å². The molecule has 30 heavy (non-hydrogen) atoms. The van der Waals surface area contributed by atoms with Crippen LogP contribution in [0.3, 0.4) is 0 Å². The minimum atomic E-state index is -0.435. The van der Waals surface area contributed by atoms with Gasteiger partial charge in [-0.2, -0.15) is 0 Å². The number of rotatable bonds is 10. The Morgan fingerprint density at radius 3 is 2.03 bits per heavy atom. The highest BCUT2D eigenvalue weighted by Gasteiger charge is 2.19. The second-order valence-electron chi connectivity index (χ2n) is 7.37. The SMILES string of the molecule is COc1cc(CCC(=O)OCC(=O)c2cc(C)n(C(C)C)c2C)cc(OC)c1OC. The molecule has 1 heterocycles. The largest absolute Gasteiger partial charge is 0.493 e. The first-order valence-electron chi connectivity index (χ1n) is 9.89. The number of aromatic nitrogens is 1. The first-order valence-corrected chi connectivity index (χ1v) is 9.89. The van der Waals surface area contributed by atoms with Gasteiger partial charge in [-0.1, -0.05) is 0 Å². The van der Waals surface area contributed by atoms with Crippen LogP contribution < -0.4 is 14.2 Å². The predicted octanol–water partition coefficient (Wildman–Crippen LogP) is 4.07. The van der Waals surface area contributed by atoms with E-state index in [2.05, 4.69) is 18.4 Å². The van der Waals surface area contributed by atoms with E-state index in [0.717, 1.165) is 17.0 Å². The Kier molecular flexibility index (Phi) is 7.92. The summed E-state index contributed by atoms with van der Waals surface area (Å²) in [7, 11) is 4.61. The number of carbonyl (C=O) groups excluding carboxylic acids is 2. The van der Waals surface area contributed by atoms with Gasteiger partial charge >= 0.3 is 5.97 Å². The van der Waals surface area contributed by atoms with E-state index in [9.17, 15) is 9.59 Å². The van der Waals surface area contributed by atoms with Crippen molar-refractivity contribution in [2.75, 3.05) is 27.9 Å². The molecule has 0 N–H and O–H groups in total. The van der Waals surface area contributed by atoms with Gasteiger partial charge in [0.2, 0.25) is 11.5 Å². The van der Waals surface area contributed by atoms with Crippen LogP contribution in [0.5, 0.6) is 17.2 Å². The minimum Gasteiger partial charge on any atom is -0.493 e. The summed E-state index contributed by atoms with van der Waals surface area (Å²) in [5.41, 5.74) is 3.34. The van der Waals surface area contributed by atoms with Crippen molar-refractivity contribution in [3.63, 3.8) is 0 Å². The molecular weight excluding hydrogens is 386 g/mol. The lowest BCUT2D eigenvalue weighted by atomic mass is 10.1. The van der Waals surface area contributed by atoms with Crippen molar-refractivity contribution in [3.05, 3.63) is 40.7 Å². The molecule has 2 aromatic rings. The Morgan fingerprint density at radius 1 is 0.967 bits per heavy atom. The Labute approximate surface area is 177 Å². The number of carbonyl (C=O) groups is 2. The molecule has 0 spiro atoms. The molecule has 0 atom stereocenters. The van der Waals surface area contributed by atoms with Crippen molar-refractivity contribution in [2.45, 2.75) is 46.6 Å². The Morgan fingerprint density at radius 2 is 1.57 bits per heavy atom. The van der Waals surface area contributed by atoms with E-state index >= 15 is 0 Å². The van der Waals surface area contributed by atoms with E-state index in [1.54, 1.807) is 12.1 Å². The molecule has 7 nitrogen and oxygen atoms in total. The zero-order chi connectivity index (χ0) is 22.4. The molecule has 0 amide bonds. The van der Waals surface area contributed by atoms with Gasteiger partial charge in [0, 0.05) is 29.4 Å². The number of esters is 1. The van der Waals surface area contributed by atoms with Crippen LogP contribution in [0.25, 0.3) is 0 Å². The maximum absolute atomic E-state index is 12.5. The normalized spacial score (nSPS) is 10.8. The third kappa shape index (κ3) is 5.14. The van der Waals surface area contributed by atoms with Crippen LogP contribution in [-0.2, 0) is 16.0 Å². The van der Waals surface area contributed by atoms with Gasteiger partial charge in [-0.3, -0.25) is 9.59 Å². The van der Waals surface area contributed by atoms with Gasteiger partial charge in [-0.15, -0.1) is 0 Å². The number of ketones is 1. The number of nitrogens with zero attached hydrogens (tertiary/aromatic N) is 1. The van der Waals surface area contributed by atoms with Crippen molar-refractivity contribution < 1.29 is 28.5 Å². The molecule has 1 aromatic heterocycles. The van der Waals surface area contributed by atoms with E-state index in [1.165, 1.54) is 21.3 Å². The highest BCUT2D eigenvalue weighted by molar-refractivity contribution is 5.99. The molecule has 0 aliphatic carbocycles. The molecule has 0 bridgehead atoms. The Balaban J connectivity index is 1.98. The molecule has 0 saturated carbocycles. The maximum Gasteiger partial charge on any atom is 0.306 e. The van der Waals surface area contributed by atoms with Crippen molar-refractivity contribution >= 4 is 11.8 Å². The number of hydrogen-bond donors (Lipinski definition) is 0. The molecule has 0 unspecified atom stereocenters. The van der Waals surface area contributed by atoms with Crippen molar-refractivity contribution in [1.82, 2.24) is 4.57 Å². The summed E-state index contributed by atoms with van der Waals surface area (Å²) in [6.07, 6.45) is 0.558. The summed E-state index contributed by atoms with van der Waals surface area (Å²) in [5.74, 6) is 0.911. The first-order chi connectivity index (χ1) is 14.2. The molecule has 0 saturated heterocycles. The fourth-order valence-corrected chi connectivity index (χ4v) is 3.68. The van der Waals surface area contributed by atoms with Crippen molar-refractivity contribution in [3.8, 4) is 17.2 Å². The lowest BCUT2D eigenvalue weighted by Gasteiger charge is -2.14. The first kappa shape index (κ1) is 23.3. The average molecular weight is 418 g/mol. The summed E-state index contributed by atoms with van der Waals surface area (Å²) in [4.78, 5) is 24.7. The highest BCUT2D eigenvalue weighted by Crippen LogP contribution is 2.38. The molecule has 0 radical (unpaired) electrons. The molecule has 1 aromatic carbocycles. The topological polar surface area (TPSA) is 76.0 Å². The van der Waals surface area contributed by atoms with Gasteiger partial charge in [0.15, 0.2) is 18.1 Å². The lowest BCUT2D eigenvalue weighted by molar-refractivity contribution is -0.142. The molecule has 164 valence electrons. The second-order valence-corrected chi connectivity index (χ2v) is 7.37. The zero-order valence-corrected chi connectivity index (χ0v) is 18.8. The van der Waals surface area contributed by atoms with E-state index in [-0.39, 0.29) is 24.9 Å². The highest BCUT2D eigenvalue weighted by atomic mass is 16.5. The molecule has 2 rings (SSSR count). The van der Waals surface area contributed by atoms with Crippen molar-refractivity contribution in [2.24, 2.45) is 0 Å². The summed E-state index contributed by atoms with van der Waals surface area (Å²) < 4.78 is 23.3. The van der Waals surface area contributed by atoms with E-state index in [4.69, 9.17) is 18.9 Å². The number of Topliss-reactive ketones (excluding diaryl/α,β-unsaturated/α-hetero) is 1. The second kappa shape index (κ2) is 10.2. The molecular formula is C23H31NO6. The van der Waals surface area contributed by atoms with E-state index in [0.29, 0.717) is 29.2 Å². The van der Waals surface area contributed by atoms with Crippen LogP contribution in [0.4, 0.5) is 0 Å². The van der Waals surface area contributed by atoms with Crippen molar-refractivity contribution in [1.29, 1.82) is 0 Å². The van der Waals surface area contributed by atoms with Crippen LogP contribution in [0.2, 0.25) is 0 Å². The number of methoxy groups -OCH3 is 3. The zero-order valence-electron chi connectivity index (χ0n) is 18.8. The fourth-order valence-electron chi connectivity index (χ4n) is 3.68. The van der Waals surface area contributed by atoms with Gasteiger partial charge in [0.1, 0.15) is 0 Å². The summed E-state index contributed by atoms with van der Waals surface area (Å²) in [6, 6.07) is 5.69. The quantitative estimate of drug-likeness (QED) is 0.428. The van der Waals surface area contributed by atoms with E-state index in [1.807, 2.05) is 19.9 Å². The molecule has 0 aliphatic rings. The molecule has 0 aliphatic heterocycles. The monoisotopic (exact) mass is 417 g/mol. The lowest BCUT2D eigenvalue weighted by Crippen LogP contribution is -2.15. The number of aryl methyl sites for hydroxylation is 2. The van der Waals surface area contributed by atoms with Crippen LogP contribution in [0.1, 0.15) is 53.6 Å². The van der Waals surface area contributed by atoms with Gasteiger partial charge in [0.25, 0.3) is 0 Å². The third-order valence-electron chi connectivity index (χ3n) is 5.01. The number of hydrogen-bond acceptors (Lipinski definition) is 6. The van der Waals surface area contributed by atoms with Gasteiger partial charge in [-0.05, 0) is 57.9 Å². The van der Waals surface area contributed by atoms with E-state index < -0.39 is 5.97 Å². The molecule has 7 heteroatoms. The molecule has 0 fully saturated rings. The van der Waals surface area contributed by atoms with Crippen LogP contribution in [0, 0.1) is 13.8 Å². The van der Waals surface area contributed by atoms with Crippen LogP contribution in [0.15, 0.2) is 18.2 Å². The summed E-state index contributed by atoms with van der Waals surface area (Å²) >= 11 is 0. The maximum atomic E-state index is 12.5. The summed E-state index contributed by atoms with van der Waals surface area (Å²) in [5, 5.41) is 0. The van der Waals surface area contributed by atoms with Gasteiger partial charge in [-0.25, -0.2) is 0 Å². The van der Waals surface area contributed by atoms with Gasteiger partial charge < -0.3 is 23.5 Å². The third-order valence-corrected chi connectivity index (χ3v) is 5.01. The number of ether oxygens (including phenoxy) is 4. The van der Waals surface area contributed by atoms with Gasteiger partial charge in [0.05, 0.1) is 21.3 Å². The average Bonchev–Trinajstić information content (AvgIpc) is 3.03. The standard InChI is InChI=1S/C23H31NO6/c1-14(2)24-15(3)10-18(16(24)4)19(25)13-30-22(26)9-8-17-11-20(27-5)23(29-7)21(12-17)28-6/h10-12,14H,8-9,13H2,1-7H3. The predicted molar refractivity (Wildman–Crippen MR) is 114 cm³/mol. The minimum absolute atomic E-state index is 0.136. The van der Waals surface area contributed by atoms with Crippen LogP contribution in [-0.4, -0.2) is 44.3 Å². The Bertz CT molecular complexity index is 888. The summed E-state index contributed by atoms with van der Waals surface area (Å²) in [6.45, 7) is 7.74. The Hall–Kier alpha value is -2.96. The smallest absolute Gasteiger partial charge is 0.306 e.